The van der Waals surface area contributed by atoms with Crippen LogP contribution >= 0.6 is 0 Å². The van der Waals surface area contributed by atoms with Crippen LogP contribution in [-0.2, 0) is 17.8 Å². The molecule has 0 radical (unpaired) electrons. The number of nitrogens with one attached hydrogen (secondary N) is 2. The molecule has 6 heteroatoms. The van der Waals surface area contributed by atoms with Gasteiger partial charge in [-0.05, 0) is 31.0 Å². The largest absolute Gasteiger partial charge is 0.396 e. The van der Waals surface area contributed by atoms with Gasteiger partial charge in [0, 0.05) is 52.5 Å². The molecule has 5 rings (SSSR count). The molecule has 1 unspecified atom stereocenters. The zero-order valence-corrected chi connectivity index (χ0v) is 15.9. The fraction of sp³-hybridized carbons (Fsp3) is 0.261. The Balaban J connectivity index is 1.72. The third kappa shape index (κ3) is 2.92. The molecule has 6 nitrogen and oxygen atoms in total. The highest BCUT2D eigenvalue weighted by atomic mass is 16.3. The molecule has 0 spiro atoms. The standard InChI is InChI=1S/C23H23N3O3/c27-13-14-10-11-18-19(16-8-4-5-9-17(16)26(18)12-14)20-21(23(29)25-22(20)28)24-15-6-2-1-3-7-15/h1-9,14,22,24,27-28H,10-13H2,(H,25,29)/t14-,22?/m1/s1. The number of aliphatic hydroxyl groups excluding tert-OH is 2. The first-order valence-electron chi connectivity index (χ1n) is 9.94. The lowest BCUT2D eigenvalue weighted by Gasteiger charge is -2.25. The second kappa shape index (κ2) is 7.06. The van der Waals surface area contributed by atoms with Crippen molar-refractivity contribution < 1.29 is 15.0 Å². The summed E-state index contributed by atoms with van der Waals surface area (Å²) in [6.07, 6.45) is 0.601. The minimum Gasteiger partial charge on any atom is -0.396 e. The van der Waals surface area contributed by atoms with Crippen LogP contribution in [0.25, 0.3) is 16.5 Å². The number of benzene rings is 2. The smallest absolute Gasteiger partial charge is 0.270 e. The Morgan fingerprint density at radius 2 is 1.86 bits per heavy atom. The van der Waals surface area contributed by atoms with E-state index >= 15 is 0 Å². The number of aromatic nitrogens is 1. The van der Waals surface area contributed by atoms with Crippen molar-refractivity contribution in [2.75, 3.05) is 11.9 Å². The van der Waals surface area contributed by atoms with Gasteiger partial charge in [0.15, 0.2) is 6.23 Å². The second-order valence-corrected chi connectivity index (χ2v) is 7.69. The van der Waals surface area contributed by atoms with Gasteiger partial charge in [-0.3, -0.25) is 4.79 Å². The lowest BCUT2D eigenvalue weighted by Crippen LogP contribution is -2.29. The van der Waals surface area contributed by atoms with Crippen LogP contribution in [0.5, 0.6) is 0 Å². The van der Waals surface area contributed by atoms with E-state index in [1.807, 2.05) is 48.5 Å². The summed E-state index contributed by atoms with van der Waals surface area (Å²) in [5, 5.41) is 27.3. The van der Waals surface area contributed by atoms with Gasteiger partial charge in [0.05, 0.1) is 0 Å². The zero-order chi connectivity index (χ0) is 20.0. The molecule has 3 aromatic rings. The van der Waals surface area contributed by atoms with Crippen LogP contribution in [0, 0.1) is 5.92 Å². The Morgan fingerprint density at radius 1 is 1.10 bits per heavy atom. The highest BCUT2D eigenvalue weighted by Gasteiger charge is 2.36. The van der Waals surface area contributed by atoms with Crippen LogP contribution in [0.3, 0.4) is 0 Å². The Labute approximate surface area is 168 Å². The fourth-order valence-corrected chi connectivity index (χ4v) is 4.54. The summed E-state index contributed by atoms with van der Waals surface area (Å²) in [4.78, 5) is 12.7. The van der Waals surface area contributed by atoms with Crippen molar-refractivity contribution in [2.24, 2.45) is 5.92 Å². The first kappa shape index (κ1) is 18.0. The molecule has 29 heavy (non-hydrogen) atoms. The molecule has 2 atom stereocenters. The topological polar surface area (TPSA) is 86.5 Å². The molecule has 0 bridgehead atoms. The molecular weight excluding hydrogens is 366 g/mol. The van der Waals surface area contributed by atoms with Crippen molar-refractivity contribution in [1.82, 2.24) is 9.88 Å². The number of nitrogens with zero attached hydrogens (tertiary/aromatic N) is 1. The average Bonchev–Trinajstić information content (AvgIpc) is 3.21. The normalized spacial score (nSPS) is 21.4. The Hall–Kier alpha value is -3.09. The maximum Gasteiger partial charge on any atom is 0.270 e. The number of hydrogen-bond acceptors (Lipinski definition) is 4. The molecule has 0 saturated carbocycles. The molecule has 3 heterocycles. The monoisotopic (exact) mass is 389 g/mol. The van der Waals surface area contributed by atoms with Gasteiger partial charge in [-0.15, -0.1) is 0 Å². The molecule has 0 aliphatic carbocycles. The Bertz CT molecular complexity index is 1120. The number of fused-ring (bicyclic) bond motifs is 3. The number of rotatable bonds is 4. The quantitative estimate of drug-likeness (QED) is 0.552. The molecule has 0 saturated heterocycles. The molecule has 2 aliphatic heterocycles. The number of carbonyl (C=O) groups is 1. The summed E-state index contributed by atoms with van der Waals surface area (Å²) in [6.45, 7) is 0.895. The van der Waals surface area contributed by atoms with Crippen molar-refractivity contribution in [3.8, 4) is 0 Å². The summed E-state index contributed by atoms with van der Waals surface area (Å²) in [5.41, 5.74) is 4.85. The van der Waals surface area contributed by atoms with Gasteiger partial charge in [-0.2, -0.15) is 0 Å². The number of para-hydroxylation sites is 2. The number of aliphatic hydroxyl groups is 2. The summed E-state index contributed by atoms with van der Waals surface area (Å²) in [5.74, 6) is -0.0975. The van der Waals surface area contributed by atoms with E-state index in [2.05, 4.69) is 21.3 Å². The summed E-state index contributed by atoms with van der Waals surface area (Å²) >= 11 is 0. The predicted octanol–water partition coefficient (Wildman–Crippen LogP) is 2.47. The first-order chi connectivity index (χ1) is 14.2. The maximum atomic E-state index is 12.7. The molecule has 148 valence electrons. The van der Waals surface area contributed by atoms with E-state index in [-0.39, 0.29) is 18.4 Å². The average molecular weight is 389 g/mol. The Kier molecular flexibility index (Phi) is 4.38. The highest BCUT2D eigenvalue weighted by molar-refractivity contribution is 6.12. The number of amides is 1. The molecule has 1 aromatic heterocycles. The molecule has 4 N–H and O–H groups in total. The van der Waals surface area contributed by atoms with Crippen LogP contribution in [0.15, 0.2) is 60.3 Å². The summed E-state index contributed by atoms with van der Waals surface area (Å²) in [6, 6.07) is 17.6. The van der Waals surface area contributed by atoms with Gasteiger partial charge < -0.3 is 25.4 Å². The van der Waals surface area contributed by atoms with Crippen LogP contribution in [0.2, 0.25) is 0 Å². The molecular formula is C23H23N3O3. The molecule has 0 fully saturated rings. The highest BCUT2D eigenvalue weighted by Crippen LogP contribution is 2.40. The van der Waals surface area contributed by atoms with E-state index in [1.54, 1.807) is 0 Å². The van der Waals surface area contributed by atoms with E-state index in [9.17, 15) is 15.0 Å². The number of hydrogen-bond donors (Lipinski definition) is 4. The van der Waals surface area contributed by atoms with Crippen molar-refractivity contribution in [2.45, 2.75) is 25.6 Å². The van der Waals surface area contributed by atoms with Crippen LogP contribution in [0.4, 0.5) is 5.69 Å². The second-order valence-electron chi connectivity index (χ2n) is 7.69. The third-order valence-corrected chi connectivity index (χ3v) is 5.92. The first-order valence-corrected chi connectivity index (χ1v) is 9.94. The molecule has 2 aromatic carbocycles. The van der Waals surface area contributed by atoms with Crippen molar-refractivity contribution in [3.63, 3.8) is 0 Å². The van der Waals surface area contributed by atoms with Crippen molar-refractivity contribution >= 4 is 28.1 Å². The zero-order valence-electron chi connectivity index (χ0n) is 15.9. The van der Waals surface area contributed by atoms with E-state index in [1.165, 1.54) is 0 Å². The van der Waals surface area contributed by atoms with Crippen LogP contribution in [-0.4, -0.2) is 33.5 Å². The van der Waals surface area contributed by atoms with E-state index in [0.717, 1.165) is 47.2 Å². The van der Waals surface area contributed by atoms with Gasteiger partial charge >= 0.3 is 0 Å². The number of anilines is 1. The van der Waals surface area contributed by atoms with Gasteiger partial charge in [0.1, 0.15) is 5.70 Å². The van der Waals surface area contributed by atoms with E-state index in [0.29, 0.717) is 11.3 Å². The number of carbonyl (C=O) groups excluding carboxylic acids is 1. The van der Waals surface area contributed by atoms with Crippen molar-refractivity contribution in [1.29, 1.82) is 0 Å². The fourth-order valence-electron chi connectivity index (χ4n) is 4.54. The maximum absolute atomic E-state index is 12.7. The summed E-state index contributed by atoms with van der Waals surface area (Å²) < 4.78 is 2.23. The molecule has 2 aliphatic rings. The van der Waals surface area contributed by atoms with Crippen LogP contribution < -0.4 is 10.6 Å². The van der Waals surface area contributed by atoms with Gasteiger partial charge in [0.25, 0.3) is 5.91 Å². The minimum absolute atomic E-state index is 0.160. The van der Waals surface area contributed by atoms with E-state index in [4.69, 9.17) is 0 Å². The lowest BCUT2D eigenvalue weighted by molar-refractivity contribution is -0.118. The lowest BCUT2D eigenvalue weighted by atomic mass is 9.93. The van der Waals surface area contributed by atoms with Gasteiger partial charge in [0.2, 0.25) is 0 Å². The Morgan fingerprint density at radius 3 is 2.66 bits per heavy atom. The predicted molar refractivity (Wildman–Crippen MR) is 112 cm³/mol. The SMILES string of the molecule is O=C1NC(O)C(c2c3n(c4ccccc24)C[C@H](CO)CC3)=C1Nc1ccccc1. The van der Waals surface area contributed by atoms with Crippen molar-refractivity contribution in [3.05, 3.63) is 71.6 Å². The van der Waals surface area contributed by atoms with Crippen LogP contribution in [0.1, 0.15) is 17.7 Å². The van der Waals surface area contributed by atoms with E-state index < -0.39 is 6.23 Å². The third-order valence-electron chi connectivity index (χ3n) is 5.92. The minimum atomic E-state index is -1.07. The summed E-state index contributed by atoms with van der Waals surface area (Å²) in [7, 11) is 0. The molecule has 1 amide bonds. The van der Waals surface area contributed by atoms with Gasteiger partial charge in [-0.1, -0.05) is 36.4 Å². The van der Waals surface area contributed by atoms with Gasteiger partial charge in [-0.25, -0.2) is 0 Å².